The molecule has 2 aromatic carbocycles. The topological polar surface area (TPSA) is 64.6 Å². The van der Waals surface area contributed by atoms with Crippen molar-refractivity contribution >= 4 is 0 Å². The molecule has 0 aliphatic rings. The first-order valence-corrected chi connectivity index (χ1v) is 7.78. The smallest absolute Gasteiger partial charge is 0.211 e. The summed E-state index contributed by atoms with van der Waals surface area (Å²) in [6, 6.07) is 5.52. The van der Waals surface area contributed by atoms with Crippen LogP contribution in [0.2, 0.25) is 0 Å². The number of hydrogen-bond donors (Lipinski definition) is 0. The summed E-state index contributed by atoms with van der Waals surface area (Å²) in [4.78, 5) is 0. The molecule has 2 rings (SSSR count). The Morgan fingerprint density at radius 2 is 0.885 bits per heavy atom. The van der Waals surface area contributed by atoms with Gasteiger partial charge in [0.15, 0.2) is 23.0 Å². The molecule has 0 saturated heterocycles. The molecule has 0 heterocycles. The zero-order valence-electron chi connectivity index (χ0n) is 16.1. The minimum absolute atomic E-state index is 0.370. The van der Waals surface area contributed by atoms with Crippen LogP contribution in [0.25, 0.3) is 11.1 Å². The Morgan fingerprint density at radius 3 is 1.27 bits per heavy atom. The second kappa shape index (κ2) is 8.42. The largest absolute Gasteiger partial charge is 0.493 e. The van der Waals surface area contributed by atoms with Crippen molar-refractivity contribution in [2.45, 2.75) is 0 Å². The van der Waals surface area contributed by atoms with Crippen molar-refractivity contribution in [2.75, 3.05) is 49.8 Å². The molecule has 0 unspecified atom stereocenters. The highest BCUT2D eigenvalue weighted by atomic mass is 16.6. The summed E-state index contributed by atoms with van der Waals surface area (Å²) in [5, 5.41) is 0. The molecule has 0 aliphatic carbocycles. The highest BCUT2D eigenvalue weighted by Gasteiger charge is 2.31. The SMILES string of the molecule is COc1cccc(-c2c(OC)c(OC)c(OC)c(OC)c2OC)c1OC. The van der Waals surface area contributed by atoms with E-state index < -0.39 is 0 Å². The van der Waals surface area contributed by atoms with E-state index in [9.17, 15) is 0 Å². The molecule has 2 aromatic rings. The molecule has 142 valence electrons. The van der Waals surface area contributed by atoms with Crippen molar-refractivity contribution in [1.29, 1.82) is 0 Å². The summed E-state index contributed by atoms with van der Waals surface area (Å²) in [5.41, 5.74) is 1.29. The normalized spacial score (nSPS) is 10.1. The van der Waals surface area contributed by atoms with E-state index in [1.165, 1.54) is 21.3 Å². The van der Waals surface area contributed by atoms with E-state index in [1.807, 2.05) is 12.1 Å². The lowest BCUT2D eigenvalue weighted by molar-refractivity contribution is 0.291. The summed E-state index contributed by atoms with van der Waals surface area (Å²) >= 11 is 0. The minimum Gasteiger partial charge on any atom is -0.493 e. The van der Waals surface area contributed by atoms with Crippen LogP contribution in [-0.2, 0) is 0 Å². The number of para-hydroxylation sites is 1. The second-order valence-electron chi connectivity index (χ2n) is 5.08. The fraction of sp³-hybridized carbons (Fsp3) is 0.368. The van der Waals surface area contributed by atoms with E-state index in [2.05, 4.69) is 0 Å². The van der Waals surface area contributed by atoms with Gasteiger partial charge in [0, 0.05) is 5.56 Å². The van der Waals surface area contributed by atoms with Gasteiger partial charge in [-0.25, -0.2) is 0 Å². The van der Waals surface area contributed by atoms with Gasteiger partial charge in [-0.1, -0.05) is 12.1 Å². The van der Waals surface area contributed by atoms with Gasteiger partial charge in [-0.05, 0) is 6.07 Å². The average Bonchev–Trinajstić information content (AvgIpc) is 2.70. The van der Waals surface area contributed by atoms with Gasteiger partial charge in [-0.3, -0.25) is 0 Å². The van der Waals surface area contributed by atoms with E-state index in [1.54, 1.807) is 34.5 Å². The summed E-state index contributed by atoms with van der Waals surface area (Å²) in [5.74, 6) is 3.08. The van der Waals surface area contributed by atoms with Crippen LogP contribution in [0.1, 0.15) is 0 Å². The van der Waals surface area contributed by atoms with Crippen molar-refractivity contribution in [3.05, 3.63) is 18.2 Å². The van der Waals surface area contributed by atoms with Crippen LogP contribution in [0.3, 0.4) is 0 Å². The van der Waals surface area contributed by atoms with E-state index in [4.69, 9.17) is 33.2 Å². The lowest BCUT2D eigenvalue weighted by Crippen LogP contribution is -2.04. The van der Waals surface area contributed by atoms with Crippen molar-refractivity contribution < 1.29 is 33.2 Å². The third kappa shape index (κ3) is 3.00. The Labute approximate surface area is 153 Å². The third-order valence-electron chi connectivity index (χ3n) is 3.97. The molecule has 0 atom stereocenters. The van der Waals surface area contributed by atoms with Gasteiger partial charge in [0.25, 0.3) is 0 Å². The Bertz CT molecular complexity index is 738. The fourth-order valence-electron chi connectivity index (χ4n) is 2.91. The van der Waals surface area contributed by atoms with Crippen LogP contribution in [0.15, 0.2) is 18.2 Å². The summed E-state index contributed by atoms with van der Waals surface area (Å²) in [6.07, 6.45) is 0. The van der Waals surface area contributed by atoms with Crippen molar-refractivity contribution in [2.24, 2.45) is 0 Å². The molecule has 0 aliphatic heterocycles. The predicted octanol–water partition coefficient (Wildman–Crippen LogP) is 3.41. The maximum absolute atomic E-state index is 5.64. The minimum atomic E-state index is 0.370. The molecule has 0 radical (unpaired) electrons. The van der Waals surface area contributed by atoms with Gasteiger partial charge in [0.05, 0.1) is 55.3 Å². The van der Waals surface area contributed by atoms with Gasteiger partial charge < -0.3 is 33.2 Å². The Kier molecular flexibility index (Phi) is 6.27. The first kappa shape index (κ1) is 19.4. The maximum atomic E-state index is 5.64. The second-order valence-corrected chi connectivity index (χ2v) is 5.08. The maximum Gasteiger partial charge on any atom is 0.211 e. The first-order chi connectivity index (χ1) is 12.6. The van der Waals surface area contributed by atoms with E-state index in [0.29, 0.717) is 51.4 Å². The number of hydrogen-bond acceptors (Lipinski definition) is 7. The van der Waals surface area contributed by atoms with E-state index >= 15 is 0 Å². The molecule has 7 heteroatoms. The molecule has 0 spiro atoms. The van der Waals surface area contributed by atoms with Crippen LogP contribution in [0, 0.1) is 0 Å². The molecule has 0 bridgehead atoms. The average molecular weight is 364 g/mol. The molecular formula is C19H24O7. The zero-order chi connectivity index (χ0) is 19.3. The summed E-state index contributed by atoms with van der Waals surface area (Å²) < 4.78 is 38.8. The van der Waals surface area contributed by atoms with Crippen LogP contribution >= 0.6 is 0 Å². The van der Waals surface area contributed by atoms with Gasteiger partial charge >= 0.3 is 0 Å². The number of methoxy groups -OCH3 is 7. The predicted molar refractivity (Wildman–Crippen MR) is 97.7 cm³/mol. The molecule has 26 heavy (non-hydrogen) atoms. The highest BCUT2D eigenvalue weighted by molar-refractivity contribution is 5.90. The zero-order valence-corrected chi connectivity index (χ0v) is 16.1. The Balaban J connectivity index is 3.01. The monoisotopic (exact) mass is 364 g/mol. The van der Waals surface area contributed by atoms with Crippen molar-refractivity contribution in [1.82, 2.24) is 0 Å². The third-order valence-corrected chi connectivity index (χ3v) is 3.97. The Morgan fingerprint density at radius 1 is 0.462 bits per heavy atom. The fourth-order valence-corrected chi connectivity index (χ4v) is 2.91. The molecule has 7 nitrogen and oxygen atoms in total. The molecule has 0 saturated carbocycles. The quantitative estimate of drug-likeness (QED) is 0.711. The summed E-state index contributed by atoms with van der Waals surface area (Å²) in [7, 11) is 10.8. The van der Waals surface area contributed by atoms with Gasteiger partial charge in [0.2, 0.25) is 17.2 Å². The van der Waals surface area contributed by atoms with Crippen LogP contribution in [-0.4, -0.2) is 49.8 Å². The van der Waals surface area contributed by atoms with Crippen LogP contribution < -0.4 is 33.2 Å². The molecule has 0 N–H and O–H groups in total. The lowest BCUT2D eigenvalue weighted by Gasteiger charge is -2.23. The lowest BCUT2D eigenvalue weighted by atomic mass is 9.99. The number of benzene rings is 2. The molecule has 0 aromatic heterocycles. The summed E-state index contributed by atoms with van der Waals surface area (Å²) in [6.45, 7) is 0. The molecule has 0 fully saturated rings. The van der Waals surface area contributed by atoms with Crippen molar-refractivity contribution in [3.8, 4) is 51.4 Å². The standard InChI is InChI=1S/C19H24O7/c1-20-12-10-8-9-11(14(12)21-2)13-15(22-3)17(24-5)19(26-7)18(25-6)16(13)23-4/h8-10H,1-7H3. The highest BCUT2D eigenvalue weighted by Crippen LogP contribution is 2.58. The van der Waals surface area contributed by atoms with Crippen LogP contribution in [0.4, 0.5) is 0 Å². The molecule has 0 amide bonds. The van der Waals surface area contributed by atoms with Crippen LogP contribution in [0.5, 0.6) is 40.2 Å². The van der Waals surface area contributed by atoms with Gasteiger partial charge in [-0.15, -0.1) is 0 Å². The van der Waals surface area contributed by atoms with Crippen molar-refractivity contribution in [3.63, 3.8) is 0 Å². The van der Waals surface area contributed by atoms with E-state index in [0.717, 1.165) is 0 Å². The van der Waals surface area contributed by atoms with E-state index in [-0.39, 0.29) is 0 Å². The Hall–Kier alpha value is -2.96. The number of rotatable bonds is 8. The molecular weight excluding hydrogens is 340 g/mol. The van der Waals surface area contributed by atoms with Gasteiger partial charge in [0.1, 0.15) is 0 Å². The number of ether oxygens (including phenoxy) is 7. The van der Waals surface area contributed by atoms with Gasteiger partial charge in [-0.2, -0.15) is 0 Å². The first-order valence-electron chi connectivity index (χ1n) is 7.78.